The van der Waals surface area contributed by atoms with Gasteiger partial charge in [0.15, 0.2) is 0 Å². The summed E-state index contributed by atoms with van der Waals surface area (Å²) in [7, 11) is 0. The van der Waals surface area contributed by atoms with E-state index in [1.165, 1.54) is 27.8 Å². The first-order valence-electron chi connectivity index (χ1n) is 6.08. The van der Waals surface area contributed by atoms with Gasteiger partial charge in [0.25, 0.3) is 0 Å². The molecule has 0 fully saturated rings. The van der Waals surface area contributed by atoms with Crippen molar-refractivity contribution in [2.24, 2.45) is 5.73 Å². The number of halogens is 1. The zero-order valence-corrected chi connectivity index (χ0v) is 12.6. The van der Waals surface area contributed by atoms with Gasteiger partial charge < -0.3 is 5.73 Å². The van der Waals surface area contributed by atoms with Crippen molar-refractivity contribution in [2.75, 3.05) is 0 Å². The summed E-state index contributed by atoms with van der Waals surface area (Å²) in [5.74, 6) is 0. The maximum Gasteiger partial charge on any atom is 0.0557 e. The molecule has 0 aliphatic heterocycles. The van der Waals surface area contributed by atoms with E-state index in [-0.39, 0.29) is 6.04 Å². The second kappa shape index (κ2) is 5.25. The van der Waals surface area contributed by atoms with Crippen molar-refractivity contribution in [3.8, 4) is 0 Å². The predicted molar refractivity (Wildman–Crippen MR) is 80.8 cm³/mol. The molecule has 0 aliphatic carbocycles. The van der Waals surface area contributed by atoms with E-state index in [0.29, 0.717) is 0 Å². The van der Waals surface area contributed by atoms with Gasteiger partial charge in [0, 0.05) is 4.47 Å². The minimum atomic E-state index is -0.0672. The number of rotatable bonds is 2. The van der Waals surface area contributed by atoms with Gasteiger partial charge in [-0.25, -0.2) is 0 Å². The molecular weight excluding hydrogens is 286 g/mol. The molecule has 1 atom stereocenters. The summed E-state index contributed by atoms with van der Waals surface area (Å²) >= 11 is 3.56. The average molecular weight is 304 g/mol. The van der Waals surface area contributed by atoms with Gasteiger partial charge >= 0.3 is 0 Å². The van der Waals surface area contributed by atoms with Crippen LogP contribution in [-0.2, 0) is 0 Å². The van der Waals surface area contributed by atoms with Crippen LogP contribution in [0.15, 0.2) is 40.9 Å². The molecule has 0 spiro atoms. The molecule has 0 aromatic heterocycles. The molecule has 0 bridgehead atoms. The van der Waals surface area contributed by atoms with Crippen molar-refractivity contribution in [3.63, 3.8) is 0 Å². The minimum absolute atomic E-state index is 0.0672. The maximum atomic E-state index is 6.43. The van der Waals surface area contributed by atoms with Crippen LogP contribution in [0.25, 0.3) is 0 Å². The van der Waals surface area contributed by atoms with Crippen LogP contribution in [0.2, 0.25) is 0 Å². The van der Waals surface area contributed by atoms with Gasteiger partial charge in [0.05, 0.1) is 6.04 Å². The van der Waals surface area contributed by atoms with Crippen molar-refractivity contribution >= 4 is 15.9 Å². The van der Waals surface area contributed by atoms with Gasteiger partial charge in [-0.2, -0.15) is 0 Å². The van der Waals surface area contributed by atoms with Crippen LogP contribution in [0.1, 0.15) is 33.9 Å². The maximum absolute atomic E-state index is 6.43. The fraction of sp³-hybridized carbons (Fsp3) is 0.250. The lowest BCUT2D eigenvalue weighted by atomic mass is 9.92. The molecule has 2 aromatic rings. The monoisotopic (exact) mass is 303 g/mol. The van der Waals surface area contributed by atoms with Crippen molar-refractivity contribution in [3.05, 3.63) is 68.7 Å². The normalized spacial score (nSPS) is 12.5. The Bertz CT molecular complexity index is 573. The molecular formula is C16H18BrN. The number of aryl methyl sites for hydroxylation is 2. The number of hydrogen-bond acceptors (Lipinski definition) is 1. The van der Waals surface area contributed by atoms with E-state index < -0.39 is 0 Å². The molecule has 0 heterocycles. The first-order valence-corrected chi connectivity index (χ1v) is 6.87. The van der Waals surface area contributed by atoms with Crippen LogP contribution in [0.5, 0.6) is 0 Å². The fourth-order valence-corrected chi connectivity index (χ4v) is 2.61. The Morgan fingerprint density at radius 1 is 1.00 bits per heavy atom. The van der Waals surface area contributed by atoms with Crippen LogP contribution in [0.3, 0.4) is 0 Å². The van der Waals surface area contributed by atoms with Crippen LogP contribution >= 0.6 is 15.9 Å². The third-order valence-corrected chi connectivity index (χ3v) is 4.27. The van der Waals surface area contributed by atoms with Crippen LogP contribution in [0.4, 0.5) is 0 Å². The molecule has 2 N–H and O–H groups in total. The Morgan fingerprint density at radius 2 is 1.72 bits per heavy atom. The van der Waals surface area contributed by atoms with E-state index in [1.807, 2.05) is 6.07 Å². The van der Waals surface area contributed by atoms with Crippen molar-refractivity contribution in [1.29, 1.82) is 0 Å². The van der Waals surface area contributed by atoms with Crippen LogP contribution < -0.4 is 5.73 Å². The lowest BCUT2D eigenvalue weighted by molar-refractivity contribution is 0.849. The third-order valence-electron chi connectivity index (χ3n) is 3.41. The molecule has 0 saturated heterocycles. The highest BCUT2D eigenvalue weighted by Crippen LogP contribution is 2.29. The quantitative estimate of drug-likeness (QED) is 0.873. The SMILES string of the molecule is Cc1ccc(C)c(C(N)c2cccc(Br)c2C)c1. The van der Waals surface area contributed by atoms with Crippen molar-refractivity contribution < 1.29 is 0 Å². The Balaban J connectivity index is 2.51. The Hall–Kier alpha value is -1.12. The zero-order valence-electron chi connectivity index (χ0n) is 11.0. The molecule has 18 heavy (non-hydrogen) atoms. The predicted octanol–water partition coefficient (Wildman–Crippen LogP) is 4.42. The van der Waals surface area contributed by atoms with E-state index >= 15 is 0 Å². The molecule has 0 saturated carbocycles. The zero-order chi connectivity index (χ0) is 13.3. The summed E-state index contributed by atoms with van der Waals surface area (Å²) in [5.41, 5.74) is 12.5. The molecule has 2 rings (SSSR count). The summed E-state index contributed by atoms with van der Waals surface area (Å²) in [6, 6.07) is 12.6. The van der Waals surface area contributed by atoms with Crippen molar-refractivity contribution in [1.82, 2.24) is 0 Å². The van der Waals surface area contributed by atoms with Crippen LogP contribution in [-0.4, -0.2) is 0 Å². The number of nitrogens with two attached hydrogens (primary N) is 1. The van der Waals surface area contributed by atoms with Gasteiger partial charge in [-0.1, -0.05) is 51.8 Å². The Labute approximate surface area is 117 Å². The van der Waals surface area contributed by atoms with Gasteiger partial charge in [-0.05, 0) is 49.1 Å². The summed E-state index contributed by atoms with van der Waals surface area (Å²) in [6.07, 6.45) is 0. The first kappa shape index (κ1) is 13.3. The molecule has 2 aromatic carbocycles. The van der Waals surface area contributed by atoms with E-state index in [2.05, 4.69) is 67.0 Å². The summed E-state index contributed by atoms with van der Waals surface area (Å²) in [4.78, 5) is 0. The summed E-state index contributed by atoms with van der Waals surface area (Å²) in [6.45, 7) is 6.32. The molecule has 94 valence electrons. The fourth-order valence-electron chi connectivity index (χ4n) is 2.22. The first-order chi connectivity index (χ1) is 8.50. The second-order valence-electron chi connectivity index (χ2n) is 4.79. The van der Waals surface area contributed by atoms with E-state index in [4.69, 9.17) is 5.73 Å². The molecule has 1 unspecified atom stereocenters. The molecule has 0 amide bonds. The summed E-state index contributed by atoms with van der Waals surface area (Å²) in [5, 5.41) is 0. The van der Waals surface area contributed by atoms with E-state index in [9.17, 15) is 0 Å². The van der Waals surface area contributed by atoms with Gasteiger partial charge in [0.1, 0.15) is 0 Å². The van der Waals surface area contributed by atoms with E-state index in [1.54, 1.807) is 0 Å². The van der Waals surface area contributed by atoms with Gasteiger partial charge in [-0.3, -0.25) is 0 Å². The topological polar surface area (TPSA) is 26.0 Å². The highest BCUT2D eigenvalue weighted by molar-refractivity contribution is 9.10. The highest BCUT2D eigenvalue weighted by atomic mass is 79.9. The Kier molecular flexibility index (Phi) is 3.88. The number of benzene rings is 2. The Morgan fingerprint density at radius 3 is 2.44 bits per heavy atom. The summed E-state index contributed by atoms with van der Waals surface area (Å²) < 4.78 is 1.11. The van der Waals surface area contributed by atoms with E-state index in [0.717, 1.165) is 4.47 Å². The largest absolute Gasteiger partial charge is 0.320 e. The molecule has 1 nitrogen and oxygen atoms in total. The molecule has 2 heteroatoms. The second-order valence-corrected chi connectivity index (χ2v) is 5.65. The third kappa shape index (κ3) is 2.50. The minimum Gasteiger partial charge on any atom is -0.320 e. The standard InChI is InChI=1S/C16H18BrN/c1-10-7-8-11(2)14(9-10)16(18)13-5-4-6-15(17)12(13)3/h4-9,16H,18H2,1-3H3. The molecule has 0 aliphatic rings. The van der Waals surface area contributed by atoms with Crippen LogP contribution in [0, 0.1) is 20.8 Å². The molecule has 0 radical (unpaired) electrons. The average Bonchev–Trinajstić information content (AvgIpc) is 2.35. The smallest absolute Gasteiger partial charge is 0.0557 e. The number of hydrogen-bond donors (Lipinski definition) is 1. The lowest BCUT2D eigenvalue weighted by Crippen LogP contribution is -2.15. The van der Waals surface area contributed by atoms with Crippen molar-refractivity contribution in [2.45, 2.75) is 26.8 Å². The highest BCUT2D eigenvalue weighted by Gasteiger charge is 2.14. The lowest BCUT2D eigenvalue weighted by Gasteiger charge is -2.18. The van der Waals surface area contributed by atoms with Gasteiger partial charge in [-0.15, -0.1) is 0 Å². The van der Waals surface area contributed by atoms with Gasteiger partial charge in [0.2, 0.25) is 0 Å².